The van der Waals surface area contributed by atoms with Gasteiger partial charge in [0.05, 0.1) is 11.3 Å². The molecule has 5 heteroatoms. The van der Waals surface area contributed by atoms with Gasteiger partial charge in [-0.15, -0.1) is 0 Å². The first-order valence-corrected chi connectivity index (χ1v) is 7.59. The Bertz CT molecular complexity index is 950. The molecule has 0 bridgehead atoms. The zero-order chi connectivity index (χ0) is 17.8. The lowest BCUT2D eigenvalue weighted by molar-refractivity contribution is 0.0697. The van der Waals surface area contributed by atoms with Crippen LogP contribution in [0.3, 0.4) is 0 Å². The van der Waals surface area contributed by atoms with E-state index in [1.165, 1.54) is 12.1 Å². The summed E-state index contributed by atoms with van der Waals surface area (Å²) < 4.78 is 0. The second kappa shape index (κ2) is 6.88. The number of phenolic OH excluding ortho intramolecular Hbond substituents is 1. The maximum atomic E-state index is 12.7. The van der Waals surface area contributed by atoms with Crippen LogP contribution in [0.25, 0.3) is 11.1 Å². The molecule has 3 N–H and O–H groups in total. The van der Waals surface area contributed by atoms with E-state index in [1.807, 2.05) is 0 Å². The zero-order valence-electron chi connectivity index (χ0n) is 13.1. The molecule has 1 amide bonds. The van der Waals surface area contributed by atoms with Crippen LogP contribution in [0.4, 0.5) is 5.69 Å². The van der Waals surface area contributed by atoms with Gasteiger partial charge in [-0.05, 0) is 35.4 Å². The molecule has 25 heavy (non-hydrogen) atoms. The minimum Gasteiger partial charge on any atom is -0.506 e. The Morgan fingerprint density at radius 2 is 1.24 bits per heavy atom. The number of benzene rings is 3. The lowest BCUT2D eigenvalue weighted by atomic mass is 9.95. The molecule has 0 saturated heterocycles. The monoisotopic (exact) mass is 333 g/mol. The number of carboxylic acid groups (broad SMARTS) is 1. The third-order valence-corrected chi connectivity index (χ3v) is 3.77. The summed E-state index contributed by atoms with van der Waals surface area (Å²) in [6.07, 6.45) is 0. The molecule has 0 spiro atoms. The number of nitrogens with one attached hydrogen (secondary N) is 1. The van der Waals surface area contributed by atoms with E-state index in [4.69, 9.17) is 0 Å². The lowest BCUT2D eigenvalue weighted by Crippen LogP contribution is -2.13. The normalized spacial score (nSPS) is 10.2. The van der Waals surface area contributed by atoms with Crippen molar-refractivity contribution in [3.63, 3.8) is 0 Å². The number of aromatic hydroxyl groups is 1. The van der Waals surface area contributed by atoms with Crippen LogP contribution in [0, 0.1) is 0 Å². The number of amides is 1. The van der Waals surface area contributed by atoms with Gasteiger partial charge in [0, 0.05) is 5.56 Å². The standard InChI is InChI=1S/C20H15NO4/c22-18-12-6-5-11-17(18)21-19(23)15-9-3-1-7-13(15)14-8-2-4-10-16(14)20(24)25/h1-12,22H,(H,21,23)(H,24,25). The Balaban J connectivity index is 2.04. The van der Waals surface area contributed by atoms with E-state index in [0.29, 0.717) is 16.7 Å². The van der Waals surface area contributed by atoms with Crippen LogP contribution in [0.15, 0.2) is 72.8 Å². The molecule has 3 aromatic rings. The molecule has 0 aliphatic rings. The van der Waals surface area contributed by atoms with Gasteiger partial charge in [-0.3, -0.25) is 4.79 Å². The van der Waals surface area contributed by atoms with Crippen molar-refractivity contribution < 1.29 is 19.8 Å². The van der Waals surface area contributed by atoms with E-state index >= 15 is 0 Å². The van der Waals surface area contributed by atoms with E-state index in [9.17, 15) is 19.8 Å². The van der Waals surface area contributed by atoms with E-state index in [1.54, 1.807) is 60.7 Å². The Morgan fingerprint density at radius 3 is 1.88 bits per heavy atom. The summed E-state index contributed by atoms with van der Waals surface area (Å²) >= 11 is 0. The molecular weight excluding hydrogens is 318 g/mol. The van der Waals surface area contributed by atoms with Gasteiger partial charge in [-0.2, -0.15) is 0 Å². The van der Waals surface area contributed by atoms with Gasteiger partial charge < -0.3 is 15.5 Å². The number of phenols is 1. The van der Waals surface area contributed by atoms with Crippen molar-refractivity contribution in [1.29, 1.82) is 0 Å². The first-order chi connectivity index (χ1) is 12.1. The minimum atomic E-state index is -1.06. The van der Waals surface area contributed by atoms with Crippen molar-refractivity contribution in [2.45, 2.75) is 0 Å². The summed E-state index contributed by atoms with van der Waals surface area (Å²) in [4.78, 5) is 24.2. The first kappa shape index (κ1) is 16.3. The summed E-state index contributed by atoms with van der Waals surface area (Å²) in [7, 11) is 0. The highest BCUT2D eigenvalue weighted by molar-refractivity contribution is 6.10. The van der Waals surface area contributed by atoms with Crippen molar-refractivity contribution in [2.75, 3.05) is 5.32 Å². The number of para-hydroxylation sites is 2. The third-order valence-electron chi connectivity index (χ3n) is 3.77. The summed E-state index contributed by atoms with van der Waals surface area (Å²) in [5, 5.41) is 21.9. The van der Waals surface area contributed by atoms with E-state index < -0.39 is 11.9 Å². The molecule has 124 valence electrons. The molecule has 0 saturated carbocycles. The van der Waals surface area contributed by atoms with Gasteiger partial charge in [0.25, 0.3) is 5.91 Å². The fraction of sp³-hybridized carbons (Fsp3) is 0. The number of hydrogen-bond donors (Lipinski definition) is 3. The quantitative estimate of drug-likeness (QED) is 0.630. The van der Waals surface area contributed by atoms with E-state index in [0.717, 1.165) is 0 Å². The van der Waals surface area contributed by atoms with Gasteiger partial charge >= 0.3 is 5.97 Å². The van der Waals surface area contributed by atoms with Crippen molar-refractivity contribution in [2.24, 2.45) is 0 Å². The van der Waals surface area contributed by atoms with Gasteiger partial charge in [-0.25, -0.2) is 4.79 Å². The predicted octanol–water partition coefficient (Wildman–Crippen LogP) is 4.01. The molecular formula is C20H15NO4. The molecule has 0 heterocycles. The number of anilines is 1. The Hall–Kier alpha value is -3.60. The highest BCUT2D eigenvalue weighted by atomic mass is 16.4. The van der Waals surface area contributed by atoms with Crippen molar-refractivity contribution >= 4 is 17.6 Å². The number of aromatic carboxylic acids is 1. The van der Waals surface area contributed by atoms with Crippen LogP contribution in [0.5, 0.6) is 5.75 Å². The molecule has 0 unspecified atom stereocenters. The van der Waals surface area contributed by atoms with Crippen LogP contribution in [-0.4, -0.2) is 22.1 Å². The molecule has 0 aromatic heterocycles. The van der Waals surface area contributed by atoms with Crippen molar-refractivity contribution in [3.8, 4) is 16.9 Å². The van der Waals surface area contributed by atoms with Crippen molar-refractivity contribution in [1.82, 2.24) is 0 Å². The first-order valence-electron chi connectivity index (χ1n) is 7.59. The smallest absolute Gasteiger partial charge is 0.336 e. The van der Waals surface area contributed by atoms with Gasteiger partial charge in [0.1, 0.15) is 5.75 Å². The summed E-state index contributed by atoms with van der Waals surface area (Å²) in [6.45, 7) is 0. The molecule has 0 radical (unpaired) electrons. The van der Waals surface area contributed by atoms with Gasteiger partial charge in [-0.1, -0.05) is 48.5 Å². The zero-order valence-corrected chi connectivity index (χ0v) is 13.1. The van der Waals surface area contributed by atoms with Crippen LogP contribution < -0.4 is 5.32 Å². The van der Waals surface area contributed by atoms with E-state index in [2.05, 4.69) is 5.32 Å². The fourth-order valence-corrected chi connectivity index (χ4v) is 2.59. The Morgan fingerprint density at radius 1 is 0.720 bits per heavy atom. The summed E-state index contributed by atoms with van der Waals surface area (Å²) in [5.41, 5.74) is 1.69. The Kier molecular flexibility index (Phi) is 4.48. The highest BCUT2D eigenvalue weighted by Crippen LogP contribution is 2.29. The third kappa shape index (κ3) is 3.35. The molecule has 3 rings (SSSR count). The Labute approximate surface area is 144 Å². The van der Waals surface area contributed by atoms with Crippen LogP contribution in [0.1, 0.15) is 20.7 Å². The van der Waals surface area contributed by atoms with Crippen molar-refractivity contribution in [3.05, 3.63) is 83.9 Å². The average Bonchev–Trinajstić information content (AvgIpc) is 2.63. The second-order valence-electron chi connectivity index (χ2n) is 5.37. The SMILES string of the molecule is O=C(O)c1ccccc1-c1ccccc1C(=O)Nc1ccccc1O. The maximum absolute atomic E-state index is 12.7. The highest BCUT2D eigenvalue weighted by Gasteiger charge is 2.18. The molecule has 0 atom stereocenters. The number of carbonyl (C=O) groups is 2. The predicted molar refractivity (Wildman–Crippen MR) is 94.9 cm³/mol. The van der Waals surface area contributed by atoms with Crippen LogP contribution >= 0.6 is 0 Å². The number of carboxylic acids is 1. The second-order valence-corrected chi connectivity index (χ2v) is 5.37. The summed E-state index contributed by atoms with van der Waals surface area (Å²) in [5.74, 6) is -1.54. The maximum Gasteiger partial charge on any atom is 0.336 e. The molecule has 5 nitrogen and oxygen atoms in total. The van der Waals surface area contributed by atoms with E-state index in [-0.39, 0.29) is 17.0 Å². The molecule has 0 aliphatic heterocycles. The van der Waals surface area contributed by atoms with Crippen LogP contribution in [0.2, 0.25) is 0 Å². The van der Waals surface area contributed by atoms with Gasteiger partial charge in [0.2, 0.25) is 0 Å². The number of rotatable bonds is 4. The minimum absolute atomic E-state index is 0.0423. The largest absolute Gasteiger partial charge is 0.506 e. The topological polar surface area (TPSA) is 86.6 Å². The number of carbonyl (C=O) groups excluding carboxylic acids is 1. The van der Waals surface area contributed by atoms with Crippen LogP contribution in [-0.2, 0) is 0 Å². The van der Waals surface area contributed by atoms with Gasteiger partial charge in [0.15, 0.2) is 0 Å². The fourth-order valence-electron chi connectivity index (χ4n) is 2.59. The summed E-state index contributed by atoms with van der Waals surface area (Å²) in [6, 6.07) is 19.7. The number of hydrogen-bond acceptors (Lipinski definition) is 3. The molecule has 3 aromatic carbocycles. The molecule has 0 fully saturated rings. The lowest BCUT2D eigenvalue weighted by Gasteiger charge is -2.13. The molecule has 0 aliphatic carbocycles. The average molecular weight is 333 g/mol.